The quantitative estimate of drug-likeness (QED) is 0.136. The predicted molar refractivity (Wildman–Crippen MR) is 180 cm³/mol. The third-order valence-corrected chi connectivity index (χ3v) is 12.7. The van der Waals surface area contributed by atoms with Crippen molar-refractivity contribution in [2.75, 3.05) is 13.7 Å². The smallest absolute Gasteiger partial charge is 0.335 e. The van der Waals surface area contributed by atoms with Crippen molar-refractivity contribution in [3.63, 3.8) is 0 Å². The lowest BCUT2D eigenvalue weighted by molar-refractivity contribution is -0.213. The summed E-state index contributed by atoms with van der Waals surface area (Å²) in [6.45, 7) is 14.4. The number of furan rings is 1. The number of epoxide rings is 1. The van der Waals surface area contributed by atoms with E-state index in [1.807, 2.05) is 0 Å². The molecule has 4 fully saturated rings. The molecule has 15 heteroatoms. The molecule has 5 rings (SSSR count). The molecule has 0 radical (unpaired) electrons. The van der Waals surface area contributed by atoms with Gasteiger partial charge in [-0.15, -0.1) is 0 Å². The number of aliphatic hydroxyl groups excluding tert-OH is 1. The standard InChI is InChI=1S/C38H50O15/c1-10-18(2)31(43)34(46)51-32-29(33(44)45)30(19(3)38-26(52-38)13-23(37(32,38)8)22-11-12-48-16-22)36(7)24(14-27(41)47-9)35(6,17-49-20(4)39)53-28(42)15-25(36)50-21(5)40/h11-12,16,18,23-26,29-32,43H,3,10,13-15,17H2,1-2,4-9H3,(H,44,45)/t18-,23-,24+,25+,26-,29-,30-,31-,32+,35-,36-,37+,38-/m1/s1. The van der Waals surface area contributed by atoms with Crippen molar-refractivity contribution >= 4 is 35.8 Å². The Bertz CT molecular complexity index is 1650. The van der Waals surface area contributed by atoms with Crippen molar-refractivity contribution in [1.82, 2.24) is 0 Å². The second-order valence-corrected chi connectivity index (χ2v) is 15.6. The number of cyclic esters (lactones) is 1. The number of carbonyl (C=O) groups is 6. The van der Waals surface area contributed by atoms with Crippen LogP contribution in [0.15, 0.2) is 35.2 Å². The Labute approximate surface area is 307 Å². The van der Waals surface area contributed by atoms with Gasteiger partial charge in [-0.25, -0.2) is 4.79 Å². The van der Waals surface area contributed by atoms with E-state index < -0.39 is 131 Å². The number of ether oxygens (including phenoxy) is 6. The van der Waals surface area contributed by atoms with Crippen LogP contribution in [0.3, 0.4) is 0 Å². The summed E-state index contributed by atoms with van der Waals surface area (Å²) in [6.07, 6.45) is -2.43. The van der Waals surface area contributed by atoms with Crippen LogP contribution < -0.4 is 0 Å². The lowest BCUT2D eigenvalue weighted by Crippen LogP contribution is -2.67. The number of aliphatic hydroxyl groups is 1. The summed E-state index contributed by atoms with van der Waals surface area (Å²) in [5.74, 6) is -11.0. The molecule has 0 aromatic carbocycles. The van der Waals surface area contributed by atoms with Gasteiger partial charge < -0.3 is 43.1 Å². The minimum Gasteiger partial charge on any atom is -0.481 e. The van der Waals surface area contributed by atoms with Crippen molar-refractivity contribution in [3.05, 3.63) is 36.3 Å². The van der Waals surface area contributed by atoms with Gasteiger partial charge in [-0.1, -0.05) is 40.7 Å². The topological polar surface area (TPSA) is 215 Å². The van der Waals surface area contributed by atoms with Gasteiger partial charge in [0.2, 0.25) is 0 Å². The van der Waals surface area contributed by atoms with Gasteiger partial charge in [-0.2, -0.15) is 0 Å². The van der Waals surface area contributed by atoms with Crippen LogP contribution in [0.4, 0.5) is 0 Å². The summed E-state index contributed by atoms with van der Waals surface area (Å²) in [6, 6.07) is 1.74. The Kier molecular flexibility index (Phi) is 10.7. The first kappa shape index (κ1) is 40.0. The lowest BCUT2D eigenvalue weighted by atomic mass is 9.45. The summed E-state index contributed by atoms with van der Waals surface area (Å²) in [7, 11) is 1.15. The molecule has 292 valence electrons. The van der Waals surface area contributed by atoms with E-state index in [1.54, 1.807) is 33.8 Å². The summed E-state index contributed by atoms with van der Waals surface area (Å²) >= 11 is 0. The Morgan fingerprint density at radius 3 is 2.32 bits per heavy atom. The molecule has 2 aliphatic heterocycles. The summed E-state index contributed by atoms with van der Waals surface area (Å²) in [5, 5.41) is 22.5. The average Bonchev–Trinajstić information content (AvgIpc) is 3.45. The molecule has 0 bridgehead atoms. The molecule has 2 saturated heterocycles. The van der Waals surface area contributed by atoms with Crippen LogP contribution in [0, 0.1) is 34.5 Å². The van der Waals surface area contributed by atoms with Gasteiger partial charge in [0.15, 0.2) is 6.10 Å². The maximum Gasteiger partial charge on any atom is 0.335 e. The predicted octanol–water partition coefficient (Wildman–Crippen LogP) is 3.50. The van der Waals surface area contributed by atoms with Gasteiger partial charge >= 0.3 is 35.8 Å². The van der Waals surface area contributed by atoms with E-state index in [0.29, 0.717) is 18.4 Å². The number of aliphatic carboxylic acids is 1. The van der Waals surface area contributed by atoms with E-state index in [2.05, 4.69) is 6.58 Å². The van der Waals surface area contributed by atoms with E-state index in [9.17, 15) is 39.0 Å². The van der Waals surface area contributed by atoms with E-state index in [-0.39, 0.29) is 5.57 Å². The van der Waals surface area contributed by atoms with Gasteiger partial charge in [-0.3, -0.25) is 24.0 Å². The van der Waals surface area contributed by atoms with Crippen LogP contribution in [0.25, 0.3) is 0 Å². The Hall–Kier alpha value is -4.24. The van der Waals surface area contributed by atoms with Crippen LogP contribution in [-0.2, 0) is 57.2 Å². The summed E-state index contributed by atoms with van der Waals surface area (Å²) < 4.78 is 40.5. The molecule has 0 amide bonds. The molecule has 15 nitrogen and oxygen atoms in total. The van der Waals surface area contributed by atoms with E-state index in [4.69, 9.17) is 32.8 Å². The Morgan fingerprint density at radius 2 is 1.77 bits per heavy atom. The molecule has 3 heterocycles. The minimum absolute atomic E-state index is 0.261. The Morgan fingerprint density at radius 1 is 1.09 bits per heavy atom. The number of hydrogen-bond acceptors (Lipinski definition) is 14. The highest BCUT2D eigenvalue weighted by atomic mass is 16.6. The summed E-state index contributed by atoms with van der Waals surface area (Å²) in [5.41, 5.74) is -5.28. The first-order chi connectivity index (χ1) is 24.7. The fraction of sp³-hybridized carbons (Fsp3) is 0.684. The van der Waals surface area contributed by atoms with Crippen molar-refractivity contribution in [2.24, 2.45) is 34.5 Å². The van der Waals surface area contributed by atoms with Crippen LogP contribution >= 0.6 is 0 Å². The molecule has 1 spiro atoms. The molecule has 2 aliphatic carbocycles. The monoisotopic (exact) mass is 746 g/mol. The first-order valence-corrected chi connectivity index (χ1v) is 17.8. The number of esters is 5. The zero-order valence-corrected chi connectivity index (χ0v) is 31.4. The van der Waals surface area contributed by atoms with E-state index in [1.165, 1.54) is 19.5 Å². The highest BCUT2D eigenvalue weighted by Crippen LogP contribution is 2.77. The molecular formula is C38H50O15. The van der Waals surface area contributed by atoms with Crippen LogP contribution in [0.2, 0.25) is 0 Å². The average molecular weight is 747 g/mol. The number of methoxy groups -OCH3 is 1. The van der Waals surface area contributed by atoms with Gasteiger partial charge in [0.05, 0.1) is 38.6 Å². The van der Waals surface area contributed by atoms with Crippen molar-refractivity contribution in [3.8, 4) is 0 Å². The van der Waals surface area contributed by atoms with Gasteiger partial charge in [-0.05, 0) is 36.5 Å². The van der Waals surface area contributed by atoms with Gasteiger partial charge in [0.25, 0.3) is 0 Å². The normalized spacial score (nSPS) is 38.5. The molecule has 0 unspecified atom stereocenters. The highest BCUT2D eigenvalue weighted by molar-refractivity contribution is 5.79. The minimum atomic E-state index is -1.82. The molecule has 13 atom stereocenters. The molecule has 2 N–H and O–H groups in total. The number of carbonyl (C=O) groups excluding carboxylic acids is 5. The molecule has 1 aromatic rings. The van der Waals surface area contributed by atoms with Crippen LogP contribution in [-0.4, -0.2) is 95.4 Å². The molecule has 4 aliphatic rings. The van der Waals surface area contributed by atoms with Crippen LogP contribution in [0.5, 0.6) is 0 Å². The maximum absolute atomic E-state index is 14.0. The van der Waals surface area contributed by atoms with E-state index >= 15 is 0 Å². The van der Waals surface area contributed by atoms with Gasteiger partial charge in [0, 0.05) is 42.4 Å². The third-order valence-electron chi connectivity index (χ3n) is 12.7. The molecular weight excluding hydrogens is 696 g/mol. The largest absolute Gasteiger partial charge is 0.481 e. The highest BCUT2D eigenvalue weighted by Gasteiger charge is 2.85. The summed E-state index contributed by atoms with van der Waals surface area (Å²) in [4.78, 5) is 79.8. The fourth-order valence-electron chi connectivity index (χ4n) is 9.94. The molecule has 53 heavy (non-hydrogen) atoms. The number of carboxylic acids is 1. The lowest BCUT2D eigenvalue weighted by Gasteiger charge is -2.59. The fourth-order valence-corrected chi connectivity index (χ4v) is 9.94. The molecule has 1 aromatic heterocycles. The zero-order valence-electron chi connectivity index (χ0n) is 31.4. The number of carboxylic acid groups (broad SMARTS) is 1. The SMILES string of the molecule is C=C1[C@@H]([C@@]2(C)[C@@H](OC(C)=O)CC(=O)O[C@](C)(COC(C)=O)[C@@H]2CC(=O)OC)[C@@H](C(=O)O)[C@H](OC(=O)[C@H](O)[C@H](C)CC)[C@]2(C)[C@@H](c3ccoc3)C[C@H]3O[C@]132. The molecule has 2 saturated carbocycles. The second kappa shape index (κ2) is 14.2. The second-order valence-electron chi connectivity index (χ2n) is 15.6. The van der Waals surface area contributed by atoms with Crippen molar-refractivity contribution in [2.45, 2.75) is 116 Å². The first-order valence-electron chi connectivity index (χ1n) is 17.8. The Balaban J connectivity index is 1.82. The zero-order chi connectivity index (χ0) is 39.4. The van der Waals surface area contributed by atoms with Crippen molar-refractivity contribution < 1.29 is 71.8 Å². The van der Waals surface area contributed by atoms with Crippen LogP contribution in [0.1, 0.15) is 85.6 Å². The number of rotatable bonds is 12. The third kappa shape index (κ3) is 6.32. The number of hydrogen-bond donors (Lipinski definition) is 2. The van der Waals surface area contributed by atoms with Crippen molar-refractivity contribution in [1.29, 1.82) is 0 Å². The van der Waals surface area contributed by atoms with E-state index in [0.717, 1.165) is 21.0 Å². The van der Waals surface area contributed by atoms with Gasteiger partial charge in [0.1, 0.15) is 35.9 Å². The maximum atomic E-state index is 14.0.